The molecule has 0 amide bonds. The van der Waals surface area contributed by atoms with Crippen molar-refractivity contribution in [3.8, 4) is 0 Å². The molecule has 0 radical (unpaired) electrons. The van der Waals surface area contributed by atoms with Gasteiger partial charge in [-0.3, -0.25) is 0 Å². The van der Waals surface area contributed by atoms with Crippen molar-refractivity contribution in [1.82, 2.24) is 0 Å². The fourth-order valence-electron chi connectivity index (χ4n) is 2.36. The molecule has 1 aliphatic rings. The summed E-state index contributed by atoms with van der Waals surface area (Å²) in [4.78, 5) is 13.5. The lowest BCUT2D eigenvalue weighted by molar-refractivity contribution is 0.0602. The van der Waals surface area contributed by atoms with Crippen LogP contribution in [0.15, 0.2) is 12.1 Å². The van der Waals surface area contributed by atoms with E-state index < -0.39 is 5.97 Å². The lowest BCUT2D eigenvalue weighted by Crippen LogP contribution is -2.33. The third-order valence-corrected chi connectivity index (χ3v) is 3.65. The molecule has 0 spiro atoms. The Morgan fingerprint density at radius 2 is 2.05 bits per heavy atom. The first-order chi connectivity index (χ1) is 9.02. The topological polar surface area (TPSA) is 55.6 Å². The van der Waals surface area contributed by atoms with Gasteiger partial charge in [-0.05, 0) is 30.9 Å². The highest BCUT2D eigenvalue weighted by Gasteiger charge is 2.21. The van der Waals surface area contributed by atoms with E-state index in [-0.39, 0.29) is 17.1 Å². The molecule has 0 saturated carbocycles. The number of methoxy groups -OCH3 is 1. The summed E-state index contributed by atoms with van der Waals surface area (Å²) < 4.78 is 18.7. The number of ether oxygens (including phenoxy) is 1. The normalized spacial score (nSPS) is 16.5. The van der Waals surface area contributed by atoms with Crippen LogP contribution in [0.25, 0.3) is 0 Å². The van der Waals surface area contributed by atoms with Crippen LogP contribution in [0.5, 0.6) is 0 Å². The number of carbonyl (C=O) groups is 1. The van der Waals surface area contributed by atoms with Crippen molar-refractivity contribution >= 4 is 17.3 Å². The third kappa shape index (κ3) is 2.80. The van der Waals surface area contributed by atoms with Gasteiger partial charge >= 0.3 is 5.97 Å². The standard InChI is InChI=1S/C14H19FN2O2/c1-9-3-5-17(6-4-9)13-7-10(14(18)19-2)12(16)8-11(13)15/h7-9H,3-6,16H2,1-2H3. The van der Waals surface area contributed by atoms with E-state index >= 15 is 0 Å². The first kappa shape index (κ1) is 13.6. The lowest BCUT2D eigenvalue weighted by Gasteiger charge is -2.32. The molecule has 104 valence electrons. The van der Waals surface area contributed by atoms with E-state index in [2.05, 4.69) is 11.7 Å². The first-order valence-electron chi connectivity index (χ1n) is 6.45. The fourth-order valence-corrected chi connectivity index (χ4v) is 2.36. The number of nitrogen functional groups attached to an aromatic ring is 1. The number of nitrogens with zero attached hydrogens (tertiary/aromatic N) is 1. The number of benzene rings is 1. The summed E-state index contributed by atoms with van der Waals surface area (Å²) in [7, 11) is 1.29. The molecule has 0 atom stereocenters. The highest BCUT2D eigenvalue weighted by molar-refractivity contribution is 5.96. The summed E-state index contributed by atoms with van der Waals surface area (Å²) in [6.07, 6.45) is 2.05. The Labute approximate surface area is 112 Å². The zero-order chi connectivity index (χ0) is 14.0. The Hall–Kier alpha value is -1.78. The van der Waals surface area contributed by atoms with Gasteiger partial charge < -0.3 is 15.4 Å². The minimum atomic E-state index is -0.538. The van der Waals surface area contributed by atoms with Crippen LogP contribution in [0.1, 0.15) is 30.1 Å². The SMILES string of the molecule is COC(=O)c1cc(N2CCC(C)CC2)c(F)cc1N. The molecule has 0 unspecified atom stereocenters. The summed E-state index contributed by atoms with van der Waals surface area (Å²) in [6, 6.07) is 2.69. The van der Waals surface area contributed by atoms with Crippen LogP contribution in [-0.4, -0.2) is 26.2 Å². The highest BCUT2D eigenvalue weighted by Crippen LogP contribution is 2.29. The van der Waals surface area contributed by atoms with Gasteiger partial charge in [-0.1, -0.05) is 6.92 Å². The van der Waals surface area contributed by atoms with Crippen molar-refractivity contribution in [2.45, 2.75) is 19.8 Å². The van der Waals surface area contributed by atoms with Gasteiger partial charge in [-0.15, -0.1) is 0 Å². The first-order valence-corrected chi connectivity index (χ1v) is 6.45. The highest BCUT2D eigenvalue weighted by atomic mass is 19.1. The van der Waals surface area contributed by atoms with E-state index in [4.69, 9.17) is 5.73 Å². The van der Waals surface area contributed by atoms with E-state index in [1.165, 1.54) is 19.2 Å². The largest absolute Gasteiger partial charge is 0.465 e. The van der Waals surface area contributed by atoms with Gasteiger partial charge in [0.25, 0.3) is 0 Å². The number of carbonyl (C=O) groups excluding carboxylic acids is 1. The van der Waals surface area contributed by atoms with Crippen LogP contribution >= 0.6 is 0 Å². The Morgan fingerprint density at radius 3 is 2.63 bits per heavy atom. The van der Waals surface area contributed by atoms with E-state index in [1.807, 2.05) is 4.90 Å². The Kier molecular flexibility index (Phi) is 3.93. The molecule has 1 aliphatic heterocycles. The van der Waals surface area contributed by atoms with Gasteiger partial charge in [0.2, 0.25) is 0 Å². The van der Waals surface area contributed by atoms with Crippen LogP contribution in [0.2, 0.25) is 0 Å². The van der Waals surface area contributed by atoms with Crippen LogP contribution in [0.3, 0.4) is 0 Å². The molecule has 5 heteroatoms. The van der Waals surface area contributed by atoms with Crippen LogP contribution in [0, 0.1) is 11.7 Å². The summed E-state index contributed by atoms with van der Waals surface area (Å²) in [6.45, 7) is 3.78. The molecule has 0 bridgehead atoms. The van der Waals surface area contributed by atoms with Crippen LogP contribution in [-0.2, 0) is 4.74 Å². The van der Waals surface area contributed by atoms with E-state index in [9.17, 15) is 9.18 Å². The molecule has 1 heterocycles. The maximum absolute atomic E-state index is 14.0. The molecule has 1 aromatic carbocycles. The van der Waals surface area contributed by atoms with Gasteiger partial charge in [-0.2, -0.15) is 0 Å². The molecular formula is C14H19FN2O2. The van der Waals surface area contributed by atoms with E-state index in [1.54, 1.807) is 0 Å². The average molecular weight is 266 g/mol. The second kappa shape index (κ2) is 5.47. The van der Waals surface area contributed by atoms with Gasteiger partial charge in [0.15, 0.2) is 0 Å². The summed E-state index contributed by atoms with van der Waals surface area (Å²) >= 11 is 0. The summed E-state index contributed by atoms with van der Waals surface area (Å²) in [5.41, 5.74) is 6.42. The number of piperidine rings is 1. The molecule has 0 aliphatic carbocycles. The Morgan fingerprint density at radius 1 is 1.42 bits per heavy atom. The third-order valence-electron chi connectivity index (χ3n) is 3.65. The number of rotatable bonds is 2. The molecule has 2 rings (SSSR count). The maximum atomic E-state index is 14.0. The number of nitrogens with two attached hydrogens (primary N) is 1. The van der Waals surface area contributed by atoms with Crippen LogP contribution < -0.4 is 10.6 Å². The monoisotopic (exact) mass is 266 g/mol. The Balaban J connectivity index is 2.32. The number of hydrogen-bond donors (Lipinski definition) is 1. The number of halogens is 1. The van der Waals surface area contributed by atoms with Crippen molar-refractivity contribution in [3.63, 3.8) is 0 Å². The molecular weight excluding hydrogens is 247 g/mol. The minimum absolute atomic E-state index is 0.110. The van der Waals surface area contributed by atoms with Crippen molar-refractivity contribution in [2.75, 3.05) is 30.8 Å². The summed E-state index contributed by atoms with van der Waals surface area (Å²) in [5.74, 6) is -0.267. The van der Waals surface area contributed by atoms with Gasteiger partial charge in [0, 0.05) is 18.8 Å². The Bertz CT molecular complexity index is 483. The maximum Gasteiger partial charge on any atom is 0.340 e. The smallest absolute Gasteiger partial charge is 0.340 e. The predicted molar refractivity (Wildman–Crippen MR) is 72.8 cm³/mol. The van der Waals surface area contributed by atoms with Gasteiger partial charge in [0.05, 0.1) is 18.4 Å². The molecule has 1 saturated heterocycles. The average Bonchev–Trinajstić information content (AvgIpc) is 2.39. The lowest BCUT2D eigenvalue weighted by atomic mass is 9.98. The minimum Gasteiger partial charge on any atom is -0.465 e. The number of hydrogen-bond acceptors (Lipinski definition) is 4. The molecule has 4 nitrogen and oxygen atoms in total. The predicted octanol–water partition coefficient (Wildman–Crippen LogP) is 2.43. The van der Waals surface area contributed by atoms with E-state index in [0.29, 0.717) is 11.6 Å². The zero-order valence-corrected chi connectivity index (χ0v) is 11.3. The molecule has 2 N–H and O–H groups in total. The summed E-state index contributed by atoms with van der Waals surface area (Å²) in [5, 5.41) is 0. The molecule has 1 fully saturated rings. The van der Waals surface area contributed by atoms with E-state index in [0.717, 1.165) is 25.9 Å². The zero-order valence-electron chi connectivity index (χ0n) is 11.3. The number of anilines is 2. The molecule has 1 aromatic rings. The van der Waals surface area contributed by atoms with Crippen molar-refractivity contribution in [2.24, 2.45) is 5.92 Å². The fraction of sp³-hybridized carbons (Fsp3) is 0.500. The number of esters is 1. The molecule has 19 heavy (non-hydrogen) atoms. The quantitative estimate of drug-likeness (QED) is 0.660. The second-order valence-electron chi connectivity index (χ2n) is 5.05. The van der Waals surface area contributed by atoms with Gasteiger partial charge in [-0.25, -0.2) is 9.18 Å². The van der Waals surface area contributed by atoms with Crippen molar-refractivity contribution in [1.29, 1.82) is 0 Å². The van der Waals surface area contributed by atoms with Gasteiger partial charge in [0.1, 0.15) is 5.82 Å². The second-order valence-corrected chi connectivity index (χ2v) is 5.05. The molecule has 0 aromatic heterocycles. The van der Waals surface area contributed by atoms with Crippen molar-refractivity contribution < 1.29 is 13.9 Å². The van der Waals surface area contributed by atoms with Crippen LogP contribution in [0.4, 0.5) is 15.8 Å². The van der Waals surface area contributed by atoms with Crippen molar-refractivity contribution in [3.05, 3.63) is 23.5 Å².